The Morgan fingerprint density at radius 3 is 2.88 bits per heavy atom. The molecule has 0 spiro atoms. The summed E-state index contributed by atoms with van der Waals surface area (Å²) in [5, 5.41) is 9.36. The van der Waals surface area contributed by atoms with Gasteiger partial charge in [0.1, 0.15) is 0 Å². The van der Waals surface area contributed by atoms with Crippen LogP contribution in [0, 0.1) is 0 Å². The maximum Gasteiger partial charge on any atom is 0.334 e. The number of carboxylic acid groups (broad SMARTS) is 1. The third kappa shape index (κ3) is 4.87. The molecule has 1 aliphatic heterocycles. The van der Waals surface area contributed by atoms with Crippen LogP contribution in [0.3, 0.4) is 0 Å². The van der Waals surface area contributed by atoms with Crippen LogP contribution < -0.4 is 9.47 Å². The van der Waals surface area contributed by atoms with Crippen LogP contribution in [-0.4, -0.2) is 61.4 Å². The first kappa shape index (κ1) is 19.1. The Morgan fingerprint density at radius 2 is 2.24 bits per heavy atom. The minimum atomic E-state index is -1.08. The quantitative estimate of drug-likeness (QED) is 0.773. The predicted octanol–water partition coefficient (Wildman–Crippen LogP) is 2.07. The SMILES string of the molecule is CCOc1c(Cl)cc(/C=C/C(=O)N2CCOC(C(=O)O)C2)cc1OC. The number of rotatable bonds is 6. The summed E-state index contributed by atoms with van der Waals surface area (Å²) in [6.07, 6.45) is 1.97. The van der Waals surface area contributed by atoms with E-state index in [4.69, 9.17) is 30.9 Å². The lowest BCUT2D eigenvalue weighted by molar-refractivity contribution is -0.158. The van der Waals surface area contributed by atoms with Crippen molar-refractivity contribution in [2.75, 3.05) is 33.4 Å². The highest BCUT2D eigenvalue weighted by atomic mass is 35.5. The van der Waals surface area contributed by atoms with Crippen molar-refractivity contribution in [3.05, 3.63) is 28.8 Å². The van der Waals surface area contributed by atoms with Gasteiger partial charge in [0.2, 0.25) is 5.91 Å². The number of benzene rings is 1. The Hall–Kier alpha value is -2.25. The molecule has 1 atom stereocenters. The number of morpholine rings is 1. The van der Waals surface area contributed by atoms with Gasteiger partial charge in [0.05, 0.1) is 31.9 Å². The number of ether oxygens (including phenoxy) is 3. The molecule has 1 aromatic carbocycles. The standard InChI is InChI=1S/C17H20ClNO6/c1-3-24-16-12(18)8-11(9-13(16)23-2)4-5-15(20)19-6-7-25-14(10-19)17(21)22/h4-5,8-9,14H,3,6-7,10H2,1-2H3,(H,21,22)/b5-4+. The largest absolute Gasteiger partial charge is 0.493 e. The molecular formula is C17H20ClNO6. The zero-order chi connectivity index (χ0) is 18.4. The average molecular weight is 370 g/mol. The molecule has 1 saturated heterocycles. The first-order chi connectivity index (χ1) is 12.0. The molecule has 7 nitrogen and oxygen atoms in total. The van der Waals surface area contributed by atoms with Gasteiger partial charge in [-0.1, -0.05) is 11.6 Å². The highest BCUT2D eigenvalue weighted by molar-refractivity contribution is 6.32. The minimum absolute atomic E-state index is 0.0197. The maximum atomic E-state index is 12.3. The Bertz CT molecular complexity index is 675. The zero-order valence-electron chi connectivity index (χ0n) is 14.0. The molecule has 2 rings (SSSR count). The van der Waals surface area contributed by atoms with Crippen molar-refractivity contribution in [2.24, 2.45) is 0 Å². The Balaban J connectivity index is 2.11. The summed E-state index contributed by atoms with van der Waals surface area (Å²) in [6, 6.07) is 3.37. The summed E-state index contributed by atoms with van der Waals surface area (Å²) in [7, 11) is 1.51. The zero-order valence-corrected chi connectivity index (χ0v) is 14.8. The summed E-state index contributed by atoms with van der Waals surface area (Å²) in [6.45, 7) is 2.85. The van der Waals surface area contributed by atoms with Crippen molar-refractivity contribution < 1.29 is 28.9 Å². The number of carbonyl (C=O) groups excluding carboxylic acids is 1. The minimum Gasteiger partial charge on any atom is -0.493 e. The molecule has 0 bridgehead atoms. The molecule has 1 N–H and O–H groups in total. The molecule has 0 saturated carbocycles. The van der Waals surface area contributed by atoms with Crippen LogP contribution >= 0.6 is 11.6 Å². The highest BCUT2D eigenvalue weighted by Crippen LogP contribution is 2.36. The summed E-state index contributed by atoms with van der Waals surface area (Å²) >= 11 is 6.19. The molecule has 25 heavy (non-hydrogen) atoms. The van der Waals surface area contributed by atoms with Crippen LogP contribution in [0.2, 0.25) is 5.02 Å². The van der Waals surface area contributed by atoms with E-state index in [2.05, 4.69) is 0 Å². The fraction of sp³-hybridized carbons (Fsp3) is 0.412. The van der Waals surface area contributed by atoms with E-state index in [1.54, 1.807) is 18.2 Å². The fourth-order valence-electron chi connectivity index (χ4n) is 2.39. The molecule has 8 heteroatoms. The Kier molecular flexibility index (Phi) is 6.66. The van der Waals surface area contributed by atoms with Gasteiger partial charge in [-0.15, -0.1) is 0 Å². The lowest BCUT2D eigenvalue weighted by atomic mass is 10.1. The summed E-state index contributed by atoms with van der Waals surface area (Å²) < 4.78 is 15.8. The van der Waals surface area contributed by atoms with Crippen molar-refractivity contribution in [3.63, 3.8) is 0 Å². The number of halogens is 1. The van der Waals surface area contributed by atoms with E-state index in [9.17, 15) is 9.59 Å². The van der Waals surface area contributed by atoms with Gasteiger partial charge in [0.15, 0.2) is 17.6 Å². The van der Waals surface area contributed by atoms with E-state index in [0.29, 0.717) is 35.2 Å². The first-order valence-corrected chi connectivity index (χ1v) is 8.15. The van der Waals surface area contributed by atoms with Gasteiger partial charge in [-0.3, -0.25) is 4.79 Å². The van der Waals surface area contributed by atoms with Gasteiger partial charge < -0.3 is 24.2 Å². The molecule has 1 unspecified atom stereocenters. The van der Waals surface area contributed by atoms with Crippen molar-refractivity contribution in [3.8, 4) is 11.5 Å². The molecule has 1 fully saturated rings. The molecular weight excluding hydrogens is 350 g/mol. The lowest BCUT2D eigenvalue weighted by Gasteiger charge is -2.30. The van der Waals surface area contributed by atoms with Crippen molar-refractivity contribution in [2.45, 2.75) is 13.0 Å². The number of nitrogens with zero attached hydrogens (tertiary/aromatic N) is 1. The topological polar surface area (TPSA) is 85.3 Å². The van der Waals surface area contributed by atoms with E-state index in [1.165, 1.54) is 18.1 Å². The van der Waals surface area contributed by atoms with Crippen molar-refractivity contribution >= 4 is 29.6 Å². The number of hydrogen-bond acceptors (Lipinski definition) is 5. The van der Waals surface area contributed by atoms with Crippen molar-refractivity contribution in [1.82, 2.24) is 4.90 Å². The van der Waals surface area contributed by atoms with Crippen LogP contribution in [-0.2, 0) is 14.3 Å². The Labute approximate surface area is 150 Å². The normalized spacial score (nSPS) is 17.6. The second-order valence-corrected chi connectivity index (χ2v) is 5.69. The highest BCUT2D eigenvalue weighted by Gasteiger charge is 2.27. The van der Waals surface area contributed by atoms with Gasteiger partial charge in [0.25, 0.3) is 0 Å². The molecule has 1 heterocycles. The smallest absolute Gasteiger partial charge is 0.334 e. The van der Waals surface area contributed by atoms with Gasteiger partial charge in [0, 0.05) is 12.6 Å². The number of aliphatic carboxylic acids is 1. The third-order valence-corrected chi connectivity index (χ3v) is 3.89. The third-order valence-electron chi connectivity index (χ3n) is 3.61. The Morgan fingerprint density at radius 1 is 1.48 bits per heavy atom. The van der Waals surface area contributed by atoms with Crippen LogP contribution in [0.1, 0.15) is 12.5 Å². The first-order valence-electron chi connectivity index (χ1n) is 7.78. The van der Waals surface area contributed by atoms with Crippen molar-refractivity contribution in [1.29, 1.82) is 0 Å². The average Bonchev–Trinajstić information content (AvgIpc) is 2.61. The number of carboxylic acids is 1. The molecule has 1 amide bonds. The predicted molar refractivity (Wildman–Crippen MR) is 92.2 cm³/mol. The van der Waals surface area contributed by atoms with Gasteiger partial charge >= 0.3 is 5.97 Å². The second kappa shape index (κ2) is 8.73. The van der Waals surface area contributed by atoms with Gasteiger partial charge in [-0.25, -0.2) is 4.79 Å². The van der Waals surface area contributed by atoms with Crippen LogP contribution in [0.5, 0.6) is 11.5 Å². The second-order valence-electron chi connectivity index (χ2n) is 5.28. The summed E-state index contributed by atoms with van der Waals surface area (Å²) in [5.74, 6) is -0.450. The number of amides is 1. The van der Waals surface area contributed by atoms with E-state index in [-0.39, 0.29) is 19.1 Å². The lowest BCUT2D eigenvalue weighted by Crippen LogP contribution is -2.48. The summed E-state index contributed by atoms with van der Waals surface area (Å²) in [4.78, 5) is 24.7. The maximum absolute atomic E-state index is 12.3. The van der Waals surface area contributed by atoms with E-state index >= 15 is 0 Å². The molecule has 1 aromatic rings. The number of carbonyl (C=O) groups is 2. The van der Waals surface area contributed by atoms with Crippen LogP contribution in [0.4, 0.5) is 0 Å². The van der Waals surface area contributed by atoms with E-state index < -0.39 is 12.1 Å². The van der Waals surface area contributed by atoms with E-state index in [0.717, 1.165) is 0 Å². The van der Waals surface area contributed by atoms with Gasteiger partial charge in [-0.2, -0.15) is 0 Å². The number of methoxy groups -OCH3 is 1. The fourth-order valence-corrected chi connectivity index (χ4v) is 2.67. The molecule has 0 radical (unpaired) electrons. The molecule has 0 aliphatic carbocycles. The molecule has 136 valence electrons. The number of hydrogen-bond donors (Lipinski definition) is 1. The van der Waals surface area contributed by atoms with Crippen LogP contribution in [0.15, 0.2) is 18.2 Å². The van der Waals surface area contributed by atoms with E-state index in [1.807, 2.05) is 6.92 Å². The monoisotopic (exact) mass is 369 g/mol. The van der Waals surface area contributed by atoms with Crippen LogP contribution in [0.25, 0.3) is 6.08 Å². The molecule has 0 aromatic heterocycles. The van der Waals surface area contributed by atoms with Gasteiger partial charge in [-0.05, 0) is 30.7 Å². The molecule has 1 aliphatic rings. The summed E-state index contributed by atoms with van der Waals surface area (Å²) in [5.41, 5.74) is 0.668.